The van der Waals surface area contributed by atoms with Crippen LogP contribution in [0.2, 0.25) is 0 Å². The van der Waals surface area contributed by atoms with Gasteiger partial charge >= 0.3 is 6.18 Å². The Kier molecular flexibility index (Phi) is 3.90. The molecule has 6 heteroatoms. The zero-order chi connectivity index (χ0) is 14.1. The molecule has 1 amide bonds. The van der Waals surface area contributed by atoms with Gasteiger partial charge in [0.15, 0.2) is 0 Å². The van der Waals surface area contributed by atoms with Gasteiger partial charge in [-0.1, -0.05) is 15.9 Å². The van der Waals surface area contributed by atoms with Crippen molar-refractivity contribution < 1.29 is 18.0 Å². The van der Waals surface area contributed by atoms with E-state index < -0.39 is 11.7 Å². The molecule has 0 saturated heterocycles. The van der Waals surface area contributed by atoms with E-state index in [9.17, 15) is 18.0 Å². The fourth-order valence-corrected chi connectivity index (χ4v) is 2.47. The van der Waals surface area contributed by atoms with Crippen LogP contribution in [0.5, 0.6) is 0 Å². The molecule has 2 nitrogen and oxygen atoms in total. The predicted molar refractivity (Wildman–Crippen MR) is 69.2 cm³/mol. The van der Waals surface area contributed by atoms with Gasteiger partial charge in [-0.25, -0.2) is 0 Å². The molecular weight excluding hydrogens is 323 g/mol. The summed E-state index contributed by atoms with van der Waals surface area (Å²) in [6.45, 7) is 0.554. The maximum atomic E-state index is 12.4. The first-order chi connectivity index (χ1) is 8.86. The Bertz CT molecular complexity index is 466. The van der Waals surface area contributed by atoms with Crippen molar-refractivity contribution in [3.8, 4) is 0 Å². The maximum Gasteiger partial charge on any atom is 0.416 e. The summed E-state index contributed by atoms with van der Waals surface area (Å²) < 4.78 is 37.1. The van der Waals surface area contributed by atoms with Crippen LogP contribution >= 0.6 is 15.9 Å². The van der Waals surface area contributed by atoms with Gasteiger partial charge in [-0.15, -0.1) is 0 Å². The molecule has 1 aliphatic rings. The molecule has 0 radical (unpaired) electrons. The average molecular weight is 336 g/mol. The third-order valence-electron chi connectivity index (χ3n) is 3.34. The van der Waals surface area contributed by atoms with Crippen molar-refractivity contribution in [3.63, 3.8) is 0 Å². The van der Waals surface area contributed by atoms with E-state index in [-0.39, 0.29) is 16.9 Å². The lowest BCUT2D eigenvalue weighted by molar-refractivity contribution is -0.137. The molecule has 0 atom stereocenters. The summed E-state index contributed by atoms with van der Waals surface area (Å²) in [6, 6.07) is 4.25. The van der Waals surface area contributed by atoms with Crippen molar-refractivity contribution in [3.05, 3.63) is 35.4 Å². The van der Waals surface area contributed by atoms with Crippen molar-refractivity contribution in [2.75, 3.05) is 11.9 Å². The molecule has 1 aromatic rings. The Morgan fingerprint density at radius 1 is 1.26 bits per heavy atom. The fraction of sp³-hybridized carbons (Fsp3) is 0.462. The van der Waals surface area contributed by atoms with Crippen LogP contribution in [0.15, 0.2) is 24.3 Å². The number of carbonyl (C=O) groups is 1. The highest BCUT2D eigenvalue weighted by Gasteiger charge is 2.41. The normalized spacial score (nSPS) is 17.1. The highest BCUT2D eigenvalue weighted by atomic mass is 79.9. The van der Waals surface area contributed by atoms with E-state index in [2.05, 4.69) is 21.2 Å². The molecular formula is C13H13BrF3NO. The van der Waals surface area contributed by atoms with Crippen LogP contribution in [0.4, 0.5) is 13.2 Å². The first kappa shape index (κ1) is 14.4. The van der Waals surface area contributed by atoms with Crippen molar-refractivity contribution in [2.24, 2.45) is 5.41 Å². The van der Waals surface area contributed by atoms with Crippen molar-refractivity contribution in [2.45, 2.75) is 19.0 Å². The minimum atomic E-state index is -4.37. The number of hydrogen-bond donors (Lipinski definition) is 1. The van der Waals surface area contributed by atoms with Crippen LogP contribution in [-0.4, -0.2) is 17.8 Å². The van der Waals surface area contributed by atoms with Crippen LogP contribution in [0.25, 0.3) is 0 Å². The maximum absolute atomic E-state index is 12.4. The molecule has 0 unspecified atom stereocenters. The molecule has 1 saturated carbocycles. The highest BCUT2D eigenvalue weighted by molar-refractivity contribution is 9.09. The van der Waals surface area contributed by atoms with E-state index in [1.165, 1.54) is 12.1 Å². The van der Waals surface area contributed by atoms with Gasteiger partial charge in [0, 0.05) is 17.4 Å². The Morgan fingerprint density at radius 2 is 1.84 bits per heavy atom. The van der Waals surface area contributed by atoms with E-state index in [4.69, 9.17) is 0 Å². The van der Waals surface area contributed by atoms with Gasteiger partial charge in [0.1, 0.15) is 0 Å². The van der Waals surface area contributed by atoms with Crippen molar-refractivity contribution >= 4 is 21.8 Å². The summed E-state index contributed by atoms with van der Waals surface area (Å²) in [5, 5.41) is 3.59. The van der Waals surface area contributed by atoms with Crippen LogP contribution in [0.1, 0.15) is 28.8 Å². The van der Waals surface area contributed by atoms with Crippen LogP contribution in [0, 0.1) is 5.41 Å². The van der Waals surface area contributed by atoms with Gasteiger partial charge < -0.3 is 5.32 Å². The second-order valence-corrected chi connectivity index (χ2v) is 5.45. The Morgan fingerprint density at radius 3 is 2.26 bits per heavy atom. The third-order valence-corrected chi connectivity index (χ3v) is 4.53. The number of amides is 1. The topological polar surface area (TPSA) is 29.1 Å². The van der Waals surface area contributed by atoms with Gasteiger partial charge in [0.2, 0.25) is 0 Å². The zero-order valence-electron chi connectivity index (χ0n) is 10.1. The van der Waals surface area contributed by atoms with E-state index in [0.717, 1.165) is 30.3 Å². The largest absolute Gasteiger partial charge is 0.416 e. The molecule has 104 valence electrons. The van der Waals surface area contributed by atoms with Crippen molar-refractivity contribution in [1.29, 1.82) is 0 Å². The summed E-state index contributed by atoms with van der Waals surface area (Å²) in [6.07, 6.45) is -2.25. The zero-order valence-corrected chi connectivity index (χ0v) is 11.6. The van der Waals surface area contributed by atoms with Gasteiger partial charge in [-0.05, 0) is 42.5 Å². The number of benzene rings is 1. The van der Waals surface area contributed by atoms with Crippen LogP contribution in [0.3, 0.4) is 0 Å². The molecule has 0 spiro atoms. The quantitative estimate of drug-likeness (QED) is 0.837. The molecule has 2 rings (SSSR count). The molecule has 19 heavy (non-hydrogen) atoms. The highest BCUT2D eigenvalue weighted by Crippen LogP contribution is 2.46. The minimum absolute atomic E-state index is 0.140. The van der Waals surface area contributed by atoms with Crippen molar-refractivity contribution in [1.82, 2.24) is 5.32 Å². The van der Waals surface area contributed by atoms with E-state index >= 15 is 0 Å². The minimum Gasteiger partial charge on any atom is -0.351 e. The number of carbonyl (C=O) groups excluding carboxylic acids is 1. The Labute approximate surface area is 117 Å². The molecule has 1 aromatic carbocycles. The number of halogens is 4. The smallest absolute Gasteiger partial charge is 0.351 e. The monoisotopic (exact) mass is 335 g/mol. The summed E-state index contributed by atoms with van der Waals surface area (Å²) in [5.74, 6) is -0.332. The van der Waals surface area contributed by atoms with Gasteiger partial charge in [-0.2, -0.15) is 13.2 Å². The first-order valence-corrected chi connectivity index (χ1v) is 7.00. The lowest BCUT2D eigenvalue weighted by Crippen LogP contribution is -2.30. The number of alkyl halides is 4. The fourth-order valence-electron chi connectivity index (χ4n) is 1.71. The second-order valence-electron chi connectivity index (χ2n) is 4.89. The van der Waals surface area contributed by atoms with E-state index in [1.807, 2.05) is 0 Å². The standard InChI is InChI=1S/C13H13BrF3NO/c14-7-12(5-6-12)8-18-11(19)9-1-3-10(4-2-9)13(15,16)17/h1-4H,5-8H2,(H,18,19). The van der Waals surface area contributed by atoms with Gasteiger partial charge in [0.25, 0.3) is 5.91 Å². The summed E-state index contributed by atoms with van der Waals surface area (Å²) >= 11 is 3.39. The first-order valence-electron chi connectivity index (χ1n) is 5.88. The molecule has 1 fully saturated rings. The van der Waals surface area contributed by atoms with Gasteiger partial charge in [-0.3, -0.25) is 4.79 Å². The Hall–Kier alpha value is -1.04. The number of rotatable bonds is 4. The molecule has 0 aromatic heterocycles. The average Bonchev–Trinajstić information content (AvgIpc) is 3.16. The van der Waals surface area contributed by atoms with E-state index in [1.54, 1.807) is 0 Å². The molecule has 0 bridgehead atoms. The summed E-state index contributed by atoms with van der Waals surface area (Å²) in [4.78, 5) is 11.8. The third kappa shape index (κ3) is 3.49. The van der Waals surface area contributed by atoms with Crippen LogP contribution < -0.4 is 5.32 Å². The second kappa shape index (κ2) is 5.15. The SMILES string of the molecule is O=C(NCC1(CBr)CC1)c1ccc(C(F)(F)F)cc1. The van der Waals surface area contributed by atoms with Crippen LogP contribution in [-0.2, 0) is 6.18 Å². The molecule has 1 N–H and O–H groups in total. The molecule has 0 aliphatic heterocycles. The molecule has 0 heterocycles. The summed E-state index contributed by atoms with van der Waals surface area (Å²) in [5.41, 5.74) is -0.358. The Balaban J connectivity index is 1.96. The number of hydrogen-bond acceptors (Lipinski definition) is 1. The number of nitrogens with one attached hydrogen (secondary N) is 1. The predicted octanol–water partition coefficient (Wildman–Crippen LogP) is 3.61. The lowest BCUT2D eigenvalue weighted by Gasteiger charge is -2.13. The molecule has 1 aliphatic carbocycles. The van der Waals surface area contributed by atoms with E-state index in [0.29, 0.717) is 6.54 Å². The lowest BCUT2D eigenvalue weighted by atomic mass is 10.1. The summed E-state index contributed by atoms with van der Waals surface area (Å²) in [7, 11) is 0. The van der Waals surface area contributed by atoms with Gasteiger partial charge in [0.05, 0.1) is 5.56 Å².